The predicted octanol–water partition coefficient (Wildman–Crippen LogP) is 0.977. The number of sulfonamides is 1. The third-order valence-electron chi connectivity index (χ3n) is 5.15. The number of aryl methyl sites for hydroxylation is 1. The molecule has 1 amide bonds. The number of carbonyl (C=O) groups is 1. The van der Waals surface area contributed by atoms with Crippen LogP contribution in [0.5, 0.6) is 0 Å². The van der Waals surface area contributed by atoms with Gasteiger partial charge in [-0.3, -0.25) is 4.79 Å². The van der Waals surface area contributed by atoms with Gasteiger partial charge in [0.1, 0.15) is 6.04 Å². The Morgan fingerprint density at radius 3 is 1.65 bits per heavy atom. The summed E-state index contributed by atoms with van der Waals surface area (Å²) in [5.41, 5.74) is 0.953. The van der Waals surface area contributed by atoms with Crippen molar-refractivity contribution in [3.05, 3.63) is 29.8 Å². The summed E-state index contributed by atoms with van der Waals surface area (Å²) < 4.78 is 55.7. The molecule has 34 heavy (non-hydrogen) atoms. The molecule has 0 unspecified atom stereocenters. The van der Waals surface area contributed by atoms with Crippen LogP contribution in [-0.2, 0) is 38.5 Å². The van der Waals surface area contributed by atoms with Gasteiger partial charge in [-0.25, -0.2) is 8.42 Å². The molecular weight excluding hydrogens is 464 g/mol. The van der Waals surface area contributed by atoms with Crippen molar-refractivity contribution in [1.82, 2.24) is 9.62 Å². The number of rotatable bonds is 5. The Morgan fingerprint density at radius 2 is 1.24 bits per heavy atom. The molecule has 1 saturated heterocycles. The van der Waals surface area contributed by atoms with Crippen molar-refractivity contribution >= 4 is 15.9 Å². The molecule has 10 nitrogen and oxygen atoms in total. The van der Waals surface area contributed by atoms with Gasteiger partial charge in [-0.05, 0) is 25.5 Å². The second-order valence-corrected chi connectivity index (χ2v) is 9.50. The van der Waals surface area contributed by atoms with E-state index >= 15 is 0 Å². The Balaban J connectivity index is 1.97. The lowest BCUT2D eigenvalue weighted by Crippen LogP contribution is -2.50. The van der Waals surface area contributed by atoms with Gasteiger partial charge in [-0.15, -0.1) is 0 Å². The molecule has 2 rings (SSSR count). The summed E-state index contributed by atoms with van der Waals surface area (Å²) in [6, 6.07) is 5.62. The van der Waals surface area contributed by atoms with Crippen molar-refractivity contribution in [2.45, 2.75) is 31.2 Å². The average molecular weight is 503 g/mol. The van der Waals surface area contributed by atoms with Gasteiger partial charge in [0.2, 0.25) is 15.9 Å². The predicted molar refractivity (Wildman–Crippen MR) is 126 cm³/mol. The van der Waals surface area contributed by atoms with E-state index < -0.39 is 16.1 Å². The second kappa shape index (κ2) is 16.1. The number of amides is 1. The van der Waals surface area contributed by atoms with Crippen LogP contribution in [0.4, 0.5) is 0 Å². The van der Waals surface area contributed by atoms with Gasteiger partial charge in [0.15, 0.2) is 0 Å². The van der Waals surface area contributed by atoms with E-state index in [0.29, 0.717) is 85.6 Å². The summed E-state index contributed by atoms with van der Waals surface area (Å²) in [5, 5.41) is 0. The van der Waals surface area contributed by atoms with Crippen LogP contribution >= 0.6 is 0 Å². The first-order valence-corrected chi connectivity index (χ1v) is 13.2. The molecule has 1 fully saturated rings. The van der Waals surface area contributed by atoms with E-state index in [0.717, 1.165) is 5.56 Å². The first-order valence-electron chi connectivity index (χ1n) is 11.7. The van der Waals surface area contributed by atoms with Crippen LogP contribution in [0.2, 0.25) is 0 Å². The van der Waals surface area contributed by atoms with Gasteiger partial charge in [-0.1, -0.05) is 24.6 Å². The first-order chi connectivity index (χ1) is 16.4. The molecule has 0 aromatic heterocycles. The molecule has 0 aliphatic carbocycles. The molecule has 1 aromatic rings. The maximum Gasteiger partial charge on any atom is 0.241 e. The monoisotopic (exact) mass is 502 g/mol. The van der Waals surface area contributed by atoms with Crippen molar-refractivity contribution in [3.8, 4) is 0 Å². The molecule has 11 heteroatoms. The van der Waals surface area contributed by atoms with Crippen LogP contribution in [-0.4, -0.2) is 104 Å². The highest BCUT2D eigenvalue weighted by Gasteiger charge is 2.28. The molecule has 194 valence electrons. The van der Waals surface area contributed by atoms with E-state index in [1.807, 2.05) is 6.92 Å². The van der Waals surface area contributed by atoms with E-state index in [2.05, 4.69) is 4.72 Å². The summed E-state index contributed by atoms with van der Waals surface area (Å²) in [5.74, 6) is -0.315. The summed E-state index contributed by atoms with van der Waals surface area (Å²) >= 11 is 0. The average Bonchev–Trinajstić information content (AvgIpc) is 2.82. The topological polar surface area (TPSA) is 113 Å². The SMILES string of the molecule is CC[C@@H](NS(=O)(=O)c1ccc(C)cc1)C(=O)N1CCOCCOCCOCCOCCOCC1. The molecular formula is C23H38N2O8S. The molecule has 1 aliphatic rings. The van der Waals surface area contributed by atoms with Crippen molar-refractivity contribution in [2.24, 2.45) is 0 Å². The van der Waals surface area contributed by atoms with Crippen LogP contribution < -0.4 is 4.72 Å². The van der Waals surface area contributed by atoms with Crippen molar-refractivity contribution in [2.75, 3.05) is 79.2 Å². The third-order valence-corrected chi connectivity index (χ3v) is 6.63. The molecule has 1 atom stereocenters. The molecule has 0 spiro atoms. The molecule has 0 radical (unpaired) electrons. The lowest BCUT2D eigenvalue weighted by Gasteiger charge is -2.27. The normalized spacial score (nSPS) is 19.6. The summed E-state index contributed by atoms with van der Waals surface area (Å²) in [6.45, 7) is 8.40. The van der Waals surface area contributed by atoms with Crippen molar-refractivity contribution in [1.29, 1.82) is 0 Å². The zero-order chi connectivity index (χ0) is 24.7. The van der Waals surface area contributed by atoms with Crippen LogP contribution in [0.25, 0.3) is 0 Å². The first kappa shape index (κ1) is 28.6. The number of hydrogen-bond acceptors (Lipinski definition) is 8. The number of benzene rings is 1. The van der Waals surface area contributed by atoms with Crippen LogP contribution in [0, 0.1) is 6.92 Å². The number of carbonyl (C=O) groups excluding carboxylic acids is 1. The van der Waals surface area contributed by atoms with Crippen LogP contribution in [0.15, 0.2) is 29.2 Å². The Labute approximate surface area is 202 Å². The van der Waals surface area contributed by atoms with E-state index in [1.54, 1.807) is 24.0 Å². The fourth-order valence-corrected chi connectivity index (χ4v) is 4.44. The Kier molecular flexibility index (Phi) is 13.6. The van der Waals surface area contributed by atoms with E-state index in [-0.39, 0.29) is 10.8 Å². The fraction of sp³-hybridized carbons (Fsp3) is 0.696. The molecule has 1 N–H and O–H groups in total. The summed E-state index contributed by atoms with van der Waals surface area (Å²) in [7, 11) is -3.84. The zero-order valence-electron chi connectivity index (χ0n) is 20.2. The van der Waals surface area contributed by atoms with Gasteiger partial charge in [0, 0.05) is 13.1 Å². The number of nitrogens with one attached hydrogen (secondary N) is 1. The number of hydrogen-bond donors (Lipinski definition) is 1. The summed E-state index contributed by atoms with van der Waals surface area (Å²) in [6.07, 6.45) is 0.311. The van der Waals surface area contributed by atoms with E-state index in [4.69, 9.17) is 23.7 Å². The Bertz CT molecular complexity index is 786. The van der Waals surface area contributed by atoms with Gasteiger partial charge in [0.25, 0.3) is 0 Å². The van der Waals surface area contributed by atoms with E-state index in [1.165, 1.54) is 12.1 Å². The minimum atomic E-state index is -3.84. The van der Waals surface area contributed by atoms with Crippen molar-refractivity contribution in [3.63, 3.8) is 0 Å². The molecule has 1 aromatic carbocycles. The minimum absolute atomic E-state index is 0.126. The highest BCUT2D eigenvalue weighted by atomic mass is 32.2. The largest absolute Gasteiger partial charge is 0.377 e. The minimum Gasteiger partial charge on any atom is -0.377 e. The standard InChI is InChI=1S/C23H38N2O8S/c1-3-22(24-34(27,28)21-6-4-20(2)5-7-21)23(26)25-8-10-29-12-14-31-16-18-33-19-17-32-15-13-30-11-9-25/h4-7,22,24H,3,8-19H2,1-2H3/t22-/m1/s1. The Morgan fingerprint density at radius 1 is 0.824 bits per heavy atom. The van der Waals surface area contributed by atoms with Gasteiger partial charge in [0.05, 0.1) is 71.0 Å². The lowest BCUT2D eigenvalue weighted by molar-refractivity contribution is -0.134. The van der Waals surface area contributed by atoms with Crippen LogP contribution in [0.1, 0.15) is 18.9 Å². The zero-order valence-corrected chi connectivity index (χ0v) is 21.0. The molecule has 1 aliphatic heterocycles. The van der Waals surface area contributed by atoms with Gasteiger partial charge in [-0.2, -0.15) is 4.72 Å². The highest BCUT2D eigenvalue weighted by Crippen LogP contribution is 2.12. The second-order valence-electron chi connectivity index (χ2n) is 7.78. The van der Waals surface area contributed by atoms with Crippen molar-refractivity contribution < 1.29 is 36.9 Å². The molecule has 0 bridgehead atoms. The van der Waals surface area contributed by atoms with Gasteiger partial charge < -0.3 is 28.6 Å². The maximum atomic E-state index is 13.2. The molecule has 0 saturated carbocycles. The highest BCUT2D eigenvalue weighted by molar-refractivity contribution is 7.89. The van der Waals surface area contributed by atoms with Crippen LogP contribution in [0.3, 0.4) is 0 Å². The van der Waals surface area contributed by atoms with Gasteiger partial charge >= 0.3 is 0 Å². The summed E-state index contributed by atoms with van der Waals surface area (Å²) in [4.78, 5) is 14.9. The lowest BCUT2D eigenvalue weighted by atomic mass is 10.2. The maximum absolute atomic E-state index is 13.2. The fourth-order valence-electron chi connectivity index (χ4n) is 3.16. The number of nitrogens with zero attached hydrogens (tertiary/aromatic N) is 1. The third kappa shape index (κ3) is 10.8. The number of ether oxygens (including phenoxy) is 5. The molecule has 1 heterocycles. The smallest absolute Gasteiger partial charge is 0.241 e. The Hall–Kier alpha value is -1.60. The quantitative estimate of drug-likeness (QED) is 0.634. The van der Waals surface area contributed by atoms with E-state index in [9.17, 15) is 13.2 Å².